The number of hydrogen-bond donors (Lipinski definition) is 5. The molecule has 16 heteroatoms. The molecule has 188 valence electrons. The zero-order chi connectivity index (χ0) is 25.3. The molecule has 0 radical (unpaired) electrons. The van der Waals surface area contributed by atoms with Crippen molar-refractivity contribution >= 4 is 57.8 Å². The summed E-state index contributed by atoms with van der Waals surface area (Å²) in [5.41, 5.74) is 5.07. The zero-order valence-electron chi connectivity index (χ0n) is 18.1. The lowest BCUT2D eigenvalue weighted by Gasteiger charge is -2.49. The summed E-state index contributed by atoms with van der Waals surface area (Å²) in [5.74, 6) is -2.78. The van der Waals surface area contributed by atoms with Crippen LogP contribution >= 0.6 is 23.1 Å². The fourth-order valence-corrected chi connectivity index (χ4v) is 5.99. The quantitative estimate of drug-likeness (QED) is 0.129. The summed E-state index contributed by atoms with van der Waals surface area (Å²) in [7, 11) is 0. The number of nitrogen functional groups attached to an aromatic ring is 1. The second-order valence-electron chi connectivity index (χ2n) is 7.86. The number of carbonyl (C=O) groups excluding carboxylic acids is 3. The first-order valence-electron chi connectivity index (χ1n) is 10.4. The minimum Gasteiger partial charge on any atom is -0.477 e. The van der Waals surface area contributed by atoms with Gasteiger partial charge in [-0.1, -0.05) is 5.16 Å². The predicted octanol–water partition coefficient (Wildman–Crippen LogP) is -0.764. The molecule has 3 amide bonds. The molecule has 0 bridgehead atoms. The number of ether oxygens (including phenoxy) is 1. The summed E-state index contributed by atoms with van der Waals surface area (Å²) in [5, 5.41) is 34.6. The van der Waals surface area contributed by atoms with E-state index in [0.29, 0.717) is 13.0 Å². The van der Waals surface area contributed by atoms with E-state index in [1.807, 2.05) is 0 Å². The van der Waals surface area contributed by atoms with Gasteiger partial charge in [0.1, 0.15) is 29.4 Å². The van der Waals surface area contributed by atoms with Crippen LogP contribution in [-0.2, 0) is 19.1 Å². The van der Waals surface area contributed by atoms with Gasteiger partial charge in [0.05, 0.1) is 12.6 Å². The Bertz CT molecular complexity index is 1120. The highest BCUT2D eigenvalue weighted by Crippen LogP contribution is 2.40. The Kier molecular flexibility index (Phi) is 7.13. The van der Waals surface area contributed by atoms with Crippen molar-refractivity contribution in [2.45, 2.75) is 30.3 Å². The average molecular weight is 527 g/mol. The van der Waals surface area contributed by atoms with Gasteiger partial charge in [-0.2, -0.15) is 0 Å². The van der Waals surface area contributed by atoms with Crippen molar-refractivity contribution < 1.29 is 39.3 Å². The number of aliphatic hydroxyl groups is 1. The lowest BCUT2D eigenvalue weighted by molar-refractivity contribution is -0.150. The summed E-state index contributed by atoms with van der Waals surface area (Å²) in [6.07, 6.45) is 0.721. The van der Waals surface area contributed by atoms with Crippen molar-refractivity contribution in [2.75, 3.05) is 31.2 Å². The van der Waals surface area contributed by atoms with Crippen LogP contribution < -0.4 is 11.1 Å². The van der Waals surface area contributed by atoms with Crippen LogP contribution in [0.5, 0.6) is 0 Å². The number of carboxylic acids is 1. The molecule has 2 saturated heterocycles. The van der Waals surface area contributed by atoms with Gasteiger partial charge in [0, 0.05) is 23.3 Å². The number of likely N-dealkylation sites (tertiary alicyclic amines) is 1. The Balaban J connectivity index is 1.43. The first-order chi connectivity index (χ1) is 16.8. The minimum atomic E-state index is -1.37. The number of oxime groups is 1. The first kappa shape index (κ1) is 24.7. The van der Waals surface area contributed by atoms with E-state index in [2.05, 4.69) is 15.5 Å². The van der Waals surface area contributed by atoms with E-state index in [9.17, 15) is 34.6 Å². The van der Waals surface area contributed by atoms with Crippen LogP contribution in [0.1, 0.15) is 18.5 Å². The molecule has 0 spiro atoms. The number of aliphatic carboxylic acids is 1. The Hall–Kier alpha value is -3.37. The molecule has 0 aliphatic carbocycles. The molecule has 1 aromatic rings. The van der Waals surface area contributed by atoms with Gasteiger partial charge in [-0.25, -0.2) is 14.6 Å². The van der Waals surface area contributed by atoms with Crippen LogP contribution in [0.2, 0.25) is 0 Å². The molecule has 3 aliphatic rings. The number of nitrogens with two attached hydrogens (primary N) is 1. The van der Waals surface area contributed by atoms with Crippen LogP contribution in [0.15, 0.2) is 21.8 Å². The van der Waals surface area contributed by atoms with Crippen molar-refractivity contribution in [2.24, 2.45) is 5.16 Å². The number of anilines is 1. The third-order valence-corrected chi connectivity index (χ3v) is 7.82. The second-order valence-corrected chi connectivity index (χ2v) is 9.86. The third-order valence-electron chi connectivity index (χ3n) is 5.81. The molecule has 3 atom stereocenters. The molecule has 2 fully saturated rings. The maximum Gasteiger partial charge on any atom is 0.410 e. The largest absolute Gasteiger partial charge is 0.477 e. The van der Waals surface area contributed by atoms with Crippen LogP contribution in [0.4, 0.5) is 9.93 Å². The standard InChI is InChI=1S/C19H22N6O8S2/c20-18-21-10(7-35-18)11(23-32)14(27)22-12-15(28)25-13(17(29)30)8(6-34-16(12)25)5-33-19(31)24-3-1-2-9(24)4-26/h7,9,12,16,26,32H,1-6H2,(H2,20,21)(H,22,27)(H,29,30)/b23-11-/t9-,12?,16-/m0/s1. The average Bonchev–Trinajstić information content (AvgIpc) is 3.49. The molecular weight excluding hydrogens is 504 g/mol. The molecule has 4 rings (SSSR count). The summed E-state index contributed by atoms with van der Waals surface area (Å²) in [4.78, 5) is 56.0. The molecule has 1 unspecified atom stereocenters. The minimum absolute atomic E-state index is 0.0316. The highest BCUT2D eigenvalue weighted by Gasteiger charge is 2.54. The van der Waals surface area contributed by atoms with Crippen LogP contribution in [0.3, 0.4) is 0 Å². The predicted molar refractivity (Wildman–Crippen MR) is 123 cm³/mol. The number of rotatable bonds is 7. The number of β-lactam (4-membered cyclic amide) rings is 1. The van der Waals surface area contributed by atoms with Crippen LogP contribution in [0, 0.1) is 0 Å². The van der Waals surface area contributed by atoms with Gasteiger partial charge in [0.15, 0.2) is 10.8 Å². The van der Waals surface area contributed by atoms with Crippen molar-refractivity contribution in [1.29, 1.82) is 0 Å². The maximum absolute atomic E-state index is 12.8. The van der Waals surface area contributed by atoms with Gasteiger partial charge >= 0.3 is 12.1 Å². The number of nitrogens with zero attached hydrogens (tertiary/aromatic N) is 4. The molecule has 3 aliphatic heterocycles. The van der Waals surface area contributed by atoms with Gasteiger partial charge in [-0.05, 0) is 12.8 Å². The number of aromatic nitrogens is 1. The Morgan fingerprint density at radius 1 is 1.37 bits per heavy atom. The van der Waals surface area contributed by atoms with E-state index in [1.165, 1.54) is 22.0 Å². The lowest BCUT2D eigenvalue weighted by Crippen LogP contribution is -2.71. The number of carboxylic acid groups (broad SMARTS) is 1. The number of nitrogens with one attached hydrogen (secondary N) is 1. The fraction of sp³-hybridized carbons (Fsp3) is 0.474. The highest BCUT2D eigenvalue weighted by molar-refractivity contribution is 8.00. The molecule has 0 saturated carbocycles. The van der Waals surface area contributed by atoms with Gasteiger partial charge in [-0.15, -0.1) is 23.1 Å². The Morgan fingerprint density at radius 2 is 2.14 bits per heavy atom. The third kappa shape index (κ3) is 4.63. The van der Waals surface area contributed by atoms with E-state index < -0.39 is 41.0 Å². The Morgan fingerprint density at radius 3 is 2.77 bits per heavy atom. The summed E-state index contributed by atoms with van der Waals surface area (Å²) in [6, 6.07) is -1.40. The van der Waals surface area contributed by atoms with E-state index in [-0.39, 0.29) is 47.1 Å². The molecule has 4 heterocycles. The van der Waals surface area contributed by atoms with Crippen molar-refractivity contribution in [3.05, 3.63) is 22.3 Å². The van der Waals surface area contributed by atoms with Gasteiger partial charge in [0.2, 0.25) is 0 Å². The normalized spacial score (nSPS) is 24.2. The van der Waals surface area contributed by atoms with Crippen molar-refractivity contribution in [3.63, 3.8) is 0 Å². The van der Waals surface area contributed by atoms with Crippen LogP contribution in [-0.4, -0.2) is 103 Å². The molecule has 6 N–H and O–H groups in total. The number of hydrogen-bond acceptors (Lipinski definition) is 12. The smallest absolute Gasteiger partial charge is 0.410 e. The SMILES string of the molecule is Nc1nc(/C(=N/O)C(=O)NC2C(=O)N3C(C(=O)O)=C(COC(=O)N4CCC[C@H]4CO)CS[C@@H]23)cs1. The Labute approximate surface area is 206 Å². The first-order valence-corrected chi connectivity index (χ1v) is 12.4. The van der Waals surface area contributed by atoms with Gasteiger partial charge in [0.25, 0.3) is 11.8 Å². The topological polar surface area (TPSA) is 208 Å². The van der Waals surface area contributed by atoms with Crippen molar-refractivity contribution in [1.82, 2.24) is 20.1 Å². The molecule has 0 aromatic carbocycles. The maximum atomic E-state index is 12.8. The molecule has 14 nitrogen and oxygen atoms in total. The van der Waals surface area contributed by atoms with E-state index in [0.717, 1.165) is 22.7 Å². The monoisotopic (exact) mass is 526 g/mol. The number of aliphatic hydroxyl groups excluding tert-OH is 1. The number of amides is 3. The van der Waals surface area contributed by atoms with Gasteiger partial charge < -0.3 is 36.1 Å². The summed E-state index contributed by atoms with van der Waals surface area (Å²) in [6.45, 7) is -0.0871. The number of thioether (sulfide) groups is 1. The highest BCUT2D eigenvalue weighted by atomic mass is 32.2. The zero-order valence-corrected chi connectivity index (χ0v) is 19.8. The lowest BCUT2D eigenvalue weighted by atomic mass is 10.0. The van der Waals surface area contributed by atoms with E-state index >= 15 is 0 Å². The van der Waals surface area contributed by atoms with E-state index in [4.69, 9.17) is 10.5 Å². The van der Waals surface area contributed by atoms with Crippen molar-refractivity contribution in [3.8, 4) is 0 Å². The number of fused-ring (bicyclic) bond motifs is 1. The van der Waals surface area contributed by atoms with Crippen LogP contribution in [0.25, 0.3) is 0 Å². The fourth-order valence-electron chi connectivity index (χ4n) is 4.11. The van der Waals surface area contributed by atoms with Gasteiger partial charge in [-0.3, -0.25) is 14.5 Å². The van der Waals surface area contributed by atoms with E-state index in [1.54, 1.807) is 0 Å². The molecular formula is C19H22N6O8S2. The summed E-state index contributed by atoms with van der Waals surface area (Å²) >= 11 is 2.23. The number of carbonyl (C=O) groups is 4. The molecule has 35 heavy (non-hydrogen) atoms. The second kappa shape index (κ2) is 10.1. The summed E-state index contributed by atoms with van der Waals surface area (Å²) < 4.78 is 5.28. The molecule has 1 aromatic heterocycles. The number of thiazole rings is 1.